The second kappa shape index (κ2) is 7.63. The number of carbonyl (C=O) groups is 2. The first kappa shape index (κ1) is 19.1. The number of fused-ring (bicyclic) bond motifs is 1. The molecule has 30 heavy (non-hydrogen) atoms. The number of carbonyl (C=O) groups excluding carboxylic acids is 2. The van der Waals surface area contributed by atoms with Crippen molar-refractivity contribution in [2.45, 2.75) is 13.8 Å². The Morgan fingerprint density at radius 1 is 0.933 bits per heavy atom. The maximum atomic E-state index is 12.5. The van der Waals surface area contributed by atoms with Crippen molar-refractivity contribution in [1.29, 1.82) is 0 Å². The molecule has 9 nitrogen and oxygen atoms in total. The zero-order valence-corrected chi connectivity index (χ0v) is 16.3. The summed E-state index contributed by atoms with van der Waals surface area (Å²) < 4.78 is 1.78. The van der Waals surface area contributed by atoms with E-state index < -0.39 is 17.4 Å². The molecule has 2 aromatic carbocycles. The van der Waals surface area contributed by atoms with Gasteiger partial charge in [0.25, 0.3) is 17.4 Å². The predicted molar refractivity (Wildman–Crippen MR) is 110 cm³/mol. The Balaban J connectivity index is 1.47. The quantitative estimate of drug-likeness (QED) is 0.451. The van der Waals surface area contributed by atoms with Crippen LogP contribution in [-0.2, 0) is 0 Å². The minimum Gasteiger partial charge on any atom is -0.267 e. The molecular formula is C21H18N6O3. The first-order valence-electron chi connectivity index (χ1n) is 9.16. The van der Waals surface area contributed by atoms with E-state index in [1.807, 2.05) is 19.9 Å². The lowest BCUT2D eigenvalue weighted by Crippen LogP contribution is -2.42. The van der Waals surface area contributed by atoms with Crippen molar-refractivity contribution in [3.8, 4) is 5.69 Å². The van der Waals surface area contributed by atoms with E-state index in [9.17, 15) is 14.4 Å². The zero-order valence-electron chi connectivity index (χ0n) is 16.3. The van der Waals surface area contributed by atoms with Gasteiger partial charge in [-0.1, -0.05) is 18.2 Å². The molecule has 4 rings (SSSR count). The molecule has 3 N–H and O–H groups in total. The van der Waals surface area contributed by atoms with Crippen molar-refractivity contribution in [1.82, 2.24) is 30.8 Å². The van der Waals surface area contributed by atoms with Gasteiger partial charge >= 0.3 is 0 Å². The Morgan fingerprint density at radius 3 is 2.27 bits per heavy atom. The summed E-state index contributed by atoms with van der Waals surface area (Å²) in [5, 5.41) is 11.2. The number of rotatable bonds is 3. The molecule has 150 valence electrons. The largest absolute Gasteiger partial charge is 0.290 e. The van der Waals surface area contributed by atoms with Gasteiger partial charge in [0, 0.05) is 16.6 Å². The van der Waals surface area contributed by atoms with Gasteiger partial charge in [-0.3, -0.25) is 25.2 Å². The maximum absolute atomic E-state index is 12.5. The lowest BCUT2D eigenvalue weighted by Gasteiger charge is -2.09. The number of hydrogen-bond donors (Lipinski definition) is 3. The Hall–Kier alpha value is -4.27. The van der Waals surface area contributed by atoms with Crippen LogP contribution in [-0.4, -0.2) is 31.8 Å². The Kier molecular flexibility index (Phi) is 4.85. The molecule has 0 atom stereocenters. The number of aromatic amines is 1. The van der Waals surface area contributed by atoms with E-state index in [-0.39, 0.29) is 5.69 Å². The summed E-state index contributed by atoms with van der Waals surface area (Å²) in [6.45, 7) is 3.86. The van der Waals surface area contributed by atoms with Crippen LogP contribution in [0.3, 0.4) is 0 Å². The standard InChI is InChI=1S/C21H18N6O3/c1-12-11-13(2)27(26-12)15-9-7-14(8-10-15)19(28)23-25-21(30)18-16-5-3-4-6-17(16)20(29)24-22-18/h3-11H,1-2H3,(H,23,28)(H,24,29)(H,25,30). The third-order valence-electron chi connectivity index (χ3n) is 4.58. The molecule has 9 heteroatoms. The lowest BCUT2D eigenvalue weighted by atomic mass is 10.1. The number of aromatic nitrogens is 4. The highest BCUT2D eigenvalue weighted by molar-refractivity contribution is 6.05. The van der Waals surface area contributed by atoms with Crippen molar-refractivity contribution >= 4 is 22.6 Å². The van der Waals surface area contributed by atoms with Crippen molar-refractivity contribution in [3.63, 3.8) is 0 Å². The summed E-state index contributed by atoms with van der Waals surface area (Å²) in [5.74, 6) is -1.13. The third kappa shape index (κ3) is 3.55. The van der Waals surface area contributed by atoms with Crippen LogP contribution in [0.2, 0.25) is 0 Å². The highest BCUT2D eigenvalue weighted by atomic mass is 16.2. The van der Waals surface area contributed by atoms with Crippen molar-refractivity contribution < 1.29 is 9.59 Å². The highest BCUT2D eigenvalue weighted by Gasteiger charge is 2.15. The second-order valence-corrected chi connectivity index (χ2v) is 6.74. The van der Waals surface area contributed by atoms with Crippen LogP contribution in [0.25, 0.3) is 16.5 Å². The fourth-order valence-corrected chi connectivity index (χ4v) is 3.18. The average Bonchev–Trinajstić information content (AvgIpc) is 3.10. The summed E-state index contributed by atoms with van der Waals surface area (Å²) in [7, 11) is 0. The molecule has 0 unspecified atom stereocenters. The summed E-state index contributed by atoms with van der Waals surface area (Å²) in [6, 6.07) is 15.4. The van der Waals surface area contributed by atoms with Crippen LogP contribution in [0.5, 0.6) is 0 Å². The molecule has 0 aliphatic carbocycles. The number of benzene rings is 2. The first-order chi connectivity index (χ1) is 14.4. The van der Waals surface area contributed by atoms with Crippen LogP contribution in [0, 0.1) is 13.8 Å². The van der Waals surface area contributed by atoms with Gasteiger partial charge in [-0.25, -0.2) is 9.78 Å². The van der Waals surface area contributed by atoms with E-state index in [1.54, 1.807) is 53.2 Å². The summed E-state index contributed by atoms with van der Waals surface area (Å²) in [4.78, 5) is 36.7. The number of nitrogens with one attached hydrogen (secondary N) is 3. The molecule has 4 aromatic rings. The maximum Gasteiger partial charge on any atom is 0.290 e. The molecule has 0 aliphatic rings. The molecular weight excluding hydrogens is 384 g/mol. The zero-order chi connectivity index (χ0) is 21.3. The van der Waals surface area contributed by atoms with Gasteiger partial charge in [-0.2, -0.15) is 10.2 Å². The van der Waals surface area contributed by atoms with Gasteiger partial charge < -0.3 is 0 Å². The molecule has 2 heterocycles. The fraction of sp³-hybridized carbons (Fsp3) is 0.0952. The monoisotopic (exact) mass is 402 g/mol. The Bertz CT molecular complexity index is 1320. The minimum absolute atomic E-state index is 0.00498. The topological polar surface area (TPSA) is 122 Å². The molecule has 0 bridgehead atoms. The van der Waals surface area contributed by atoms with Crippen LogP contribution in [0.1, 0.15) is 32.2 Å². The molecule has 0 spiro atoms. The van der Waals surface area contributed by atoms with Crippen molar-refractivity contribution in [2.24, 2.45) is 0 Å². The highest BCUT2D eigenvalue weighted by Crippen LogP contribution is 2.14. The number of hydrogen-bond acceptors (Lipinski definition) is 5. The van der Waals surface area contributed by atoms with Crippen molar-refractivity contribution in [3.05, 3.63) is 87.6 Å². The predicted octanol–water partition coefficient (Wildman–Crippen LogP) is 1.80. The molecule has 0 saturated heterocycles. The summed E-state index contributed by atoms with van der Waals surface area (Å²) in [6.07, 6.45) is 0. The summed E-state index contributed by atoms with van der Waals surface area (Å²) in [5.41, 5.74) is 7.37. The van der Waals surface area contributed by atoms with E-state index in [4.69, 9.17) is 0 Å². The smallest absolute Gasteiger partial charge is 0.267 e. The number of aryl methyl sites for hydroxylation is 2. The molecule has 0 radical (unpaired) electrons. The van der Waals surface area contributed by atoms with Gasteiger partial charge in [0.2, 0.25) is 0 Å². The number of H-pyrrole nitrogens is 1. The van der Waals surface area contributed by atoms with E-state index >= 15 is 0 Å². The number of nitrogens with zero attached hydrogens (tertiary/aromatic N) is 3. The molecule has 2 amide bonds. The van der Waals surface area contributed by atoms with Gasteiger partial charge in [0.15, 0.2) is 5.69 Å². The van der Waals surface area contributed by atoms with E-state index in [0.29, 0.717) is 16.3 Å². The van der Waals surface area contributed by atoms with E-state index in [0.717, 1.165) is 17.1 Å². The van der Waals surface area contributed by atoms with Gasteiger partial charge in [0.1, 0.15) is 0 Å². The van der Waals surface area contributed by atoms with Crippen LogP contribution >= 0.6 is 0 Å². The van der Waals surface area contributed by atoms with Crippen LogP contribution in [0.4, 0.5) is 0 Å². The first-order valence-corrected chi connectivity index (χ1v) is 9.16. The molecule has 0 fully saturated rings. The molecule has 2 aromatic heterocycles. The normalized spacial score (nSPS) is 10.7. The number of amides is 2. The molecule has 0 aliphatic heterocycles. The Labute approximate surface area is 170 Å². The second-order valence-electron chi connectivity index (χ2n) is 6.74. The SMILES string of the molecule is Cc1cc(C)n(-c2ccc(C(=O)NNC(=O)c3n[nH]c(=O)c4ccccc34)cc2)n1. The average molecular weight is 402 g/mol. The van der Waals surface area contributed by atoms with E-state index in [1.165, 1.54) is 0 Å². The lowest BCUT2D eigenvalue weighted by molar-refractivity contribution is 0.0844. The van der Waals surface area contributed by atoms with Gasteiger partial charge in [0.05, 0.1) is 16.8 Å². The van der Waals surface area contributed by atoms with E-state index in [2.05, 4.69) is 26.1 Å². The minimum atomic E-state index is -0.643. The summed E-state index contributed by atoms with van der Waals surface area (Å²) >= 11 is 0. The van der Waals surface area contributed by atoms with Gasteiger partial charge in [-0.05, 0) is 50.2 Å². The fourth-order valence-electron chi connectivity index (χ4n) is 3.18. The third-order valence-corrected chi connectivity index (χ3v) is 4.58. The van der Waals surface area contributed by atoms with Crippen LogP contribution < -0.4 is 16.4 Å². The molecule has 0 saturated carbocycles. The van der Waals surface area contributed by atoms with Crippen LogP contribution in [0.15, 0.2) is 59.4 Å². The number of hydrazine groups is 1. The Morgan fingerprint density at radius 2 is 1.60 bits per heavy atom. The van der Waals surface area contributed by atoms with Crippen molar-refractivity contribution in [2.75, 3.05) is 0 Å². The van der Waals surface area contributed by atoms with Gasteiger partial charge in [-0.15, -0.1) is 0 Å².